The number of benzene rings is 2. The van der Waals surface area contributed by atoms with E-state index < -0.39 is 21.6 Å². The average molecular weight is 337 g/mol. The Morgan fingerprint density at radius 1 is 1.22 bits per heavy atom. The molecule has 2 aromatic rings. The molecule has 7 heteroatoms. The van der Waals surface area contributed by atoms with Crippen LogP contribution < -0.4 is 5.32 Å². The Morgan fingerprint density at radius 2 is 1.91 bits per heavy atom. The summed E-state index contributed by atoms with van der Waals surface area (Å²) >= 11 is 0. The van der Waals surface area contributed by atoms with Crippen molar-refractivity contribution in [2.45, 2.75) is 18.2 Å². The fraction of sp³-hybridized carbons (Fsp3) is 0.188. The summed E-state index contributed by atoms with van der Waals surface area (Å²) in [7, 11) is -3.46. The molecule has 0 saturated heterocycles. The van der Waals surface area contributed by atoms with Crippen molar-refractivity contribution in [2.24, 2.45) is 0 Å². The quantitative estimate of drug-likeness (QED) is 0.821. The first-order valence-electron chi connectivity index (χ1n) is 6.92. The fourth-order valence-corrected chi connectivity index (χ4v) is 2.89. The average Bonchev–Trinajstić information content (AvgIpc) is 2.51. The minimum absolute atomic E-state index is 0.000934. The summed E-state index contributed by atoms with van der Waals surface area (Å²) in [5, 5.41) is 12.2. The van der Waals surface area contributed by atoms with Crippen molar-refractivity contribution in [3.05, 3.63) is 53.8 Å². The number of phenols is 1. The third-order valence-electron chi connectivity index (χ3n) is 3.29. The third kappa shape index (κ3) is 4.07. The monoisotopic (exact) mass is 337 g/mol. The maximum Gasteiger partial charge on any atom is 0.229 e. The van der Waals surface area contributed by atoms with Gasteiger partial charge in [-0.15, -0.1) is 0 Å². The lowest BCUT2D eigenvalue weighted by Gasteiger charge is -2.10. The lowest BCUT2D eigenvalue weighted by atomic mass is 10.1. The first kappa shape index (κ1) is 17.0. The van der Waals surface area contributed by atoms with E-state index in [0.717, 1.165) is 0 Å². The van der Waals surface area contributed by atoms with Gasteiger partial charge in [-0.2, -0.15) is 0 Å². The van der Waals surface area contributed by atoms with Crippen LogP contribution in [0.4, 0.5) is 10.1 Å². The van der Waals surface area contributed by atoms with Crippen LogP contribution >= 0.6 is 0 Å². The number of carbonyl (C=O) groups excluding carboxylic acids is 1. The van der Waals surface area contributed by atoms with Crippen LogP contribution in [-0.2, 0) is 21.1 Å². The van der Waals surface area contributed by atoms with Crippen molar-refractivity contribution in [3.8, 4) is 5.75 Å². The summed E-state index contributed by atoms with van der Waals surface area (Å²) in [5.41, 5.74) is 0.183. The Morgan fingerprint density at radius 3 is 2.57 bits per heavy atom. The van der Waals surface area contributed by atoms with E-state index >= 15 is 0 Å². The van der Waals surface area contributed by atoms with Gasteiger partial charge in [0, 0.05) is 0 Å². The Labute approximate surface area is 133 Å². The molecule has 0 saturated carbocycles. The van der Waals surface area contributed by atoms with E-state index in [-0.39, 0.29) is 34.1 Å². The second-order valence-corrected chi connectivity index (χ2v) is 7.18. The molecule has 2 rings (SSSR count). The molecule has 0 unspecified atom stereocenters. The number of amides is 1. The molecule has 0 atom stereocenters. The van der Waals surface area contributed by atoms with Gasteiger partial charge < -0.3 is 10.4 Å². The van der Waals surface area contributed by atoms with Gasteiger partial charge in [-0.3, -0.25) is 4.79 Å². The lowest BCUT2D eigenvalue weighted by molar-refractivity contribution is -0.115. The van der Waals surface area contributed by atoms with Gasteiger partial charge in [-0.1, -0.05) is 25.1 Å². The van der Waals surface area contributed by atoms with Crippen molar-refractivity contribution >= 4 is 21.4 Å². The molecule has 0 spiro atoms. The van der Waals surface area contributed by atoms with Gasteiger partial charge in [0.1, 0.15) is 11.6 Å². The maximum absolute atomic E-state index is 13.5. The van der Waals surface area contributed by atoms with Crippen LogP contribution in [0.3, 0.4) is 0 Å². The van der Waals surface area contributed by atoms with E-state index in [2.05, 4.69) is 5.32 Å². The number of hydrogen-bond acceptors (Lipinski definition) is 4. The number of carbonyl (C=O) groups is 1. The van der Waals surface area contributed by atoms with E-state index in [1.54, 1.807) is 6.07 Å². The van der Waals surface area contributed by atoms with E-state index in [9.17, 15) is 22.7 Å². The topological polar surface area (TPSA) is 83.5 Å². The number of anilines is 1. The fourth-order valence-electron chi connectivity index (χ4n) is 1.98. The molecule has 23 heavy (non-hydrogen) atoms. The van der Waals surface area contributed by atoms with Gasteiger partial charge in [-0.25, -0.2) is 12.8 Å². The van der Waals surface area contributed by atoms with E-state index in [1.165, 1.54) is 43.3 Å². The molecule has 0 aliphatic heterocycles. The SMILES string of the molecule is CCS(=O)(=O)c1ccc(O)c(NC(=O)Cc2ccccc2F)c1. The molecule has 0 aromatic heterocycles. The van der Waals surface area contributed by atoms with Gasteiger partial charge in [0.25, 0.3) is 0 Å². The summed E-state index contributed by atoms with van der Waals surface area (Å²) in [5.74, 6) is -1.42. The molecule has 2 aromatic carbocycles. The minimum Gasteiger partial charge on any atom is -0.506 e. The van der Waals surface area contributed by atoms with Crippen molar-refractivity contribution in [1.82, 2.24) is 0 Å². The summed E-state index contributed by atoms with van der Waals surface area (Å²) in [6.45, 7) is 1.50. The lowest BCUT2D eigenvalue weighted by Crippen LogP contribution is -2.16. The molecular formula is C16H16FNO4S. The van der Waals surface area contributed by atoms with E-state index in [4.69, 9.17) is 0 Å². The Hall–Kier alpha value is -2.41. The molecule has 0 fully saturated rings. The molecular weight excluding hydrogens is 321 g/mol. The van der Waals surface area contributed by atoms with Crippen LogP contribution in [0, 0.1) is 5.82 Å². The Balaban J connectivity index is 2.21. The summed E-state index contributed by atoms with van der Waals surface area (Å²) in [6.07, 6.45) is -0.225. The van der Waals surface area contributed by atoms with Crippen LogP contribution in [0.25, 0.3) is 0 Å². The van der Waals surface area contributed by atoms with Gasteiger partial charge in [0.15, 0.2) is 9.84 Å². The molecule has 5 nitrogen and oxygen atoms in total. The highest BCUT2D eigenvalue weighted by molar-refractivity contribution is 7.91. The Kier molecular flexibility index (Phi) is 5.00. The maximum atomic E-state index is 13.5. The van der Waals surface area contributed by atoms with Gasteiger partial charge in [0.2, 0.25) is 5.91 Å². The van der Waals surface area contributed by atoms with E-state index in [1.807, 2.05) is 0 Å². The molecule has 0 aliphatic rings. The van der Waals surface area contributed by atoms with Gasteiger partial charge in [0.05, 0.1) is 22.8 Å². The zero-order valence-corrected chi connectivity index (χ0v) is 13.2. The number of hydrogen-bond donors (Lipinski definition) is 2. The minimum atomic E-state index is -3.46. The standard InChI is InChI=1S/C16H16FNO4S/c1-2-23(21,22)12-7-8-15(19)14(10-12)18-16(20)9-11-5-3-4-6-13(11)17/h3-8,10,19H,2,9H2,1H3,(H,18,20). The number of phenolic OH excluding ortho intramolecular Hbond substituents is 1. The third-order valence-corrected chi connectivity index (χ3v) is 5.02. The van der Waals surface area contributed by atoms with Crippen LogP contribution in [0.1, 0.15) is 12.5 Å². The highest BCUT2D eigenvalue weighted by Crippen LogP contribution is 2.27. The molecule has 122 valence electrons. The van der Waals surface area contributed by atoms with Crippen LogP contribution in [0.15, 0.2) is 47.4 Å². The zero-order valence-electron chi connectivity index (χ0n) is 12.4. The summed E-state index contributed by atoms with van der Waals surface area (Å²) in [6, 6.07) is 9.50. The first-order chi connectivity index (χ1) is 10.8. The van der Waals surface area contributed by atoms with Crippen molar-refractivity contribution in [1.29, 1.82) is 0 Å². The highest BCUT2D eigenvalue weighted by Gasteiger charge is 2.16. The zero-order chi connectivity index (χ0) is 17.0. The number of sulfone groups is 1. The van der Waals surface area contributed by atoms with Crippen molar-refractivity contribution < 1.29 is 22.7 Å². The predicted molar refractivity (Wildman–Crippen MR) is 84.6 cm³/mol. The number of nitrogens with one attached hydrogen (secondary N) is 1. The second kappa shape index (κ2) is 6.78. The number of aromatic hydroxyl groups is 1. The number of halogens is 1. The van der Waals surface area contributed by atoms with Gasteiger partial charge >= 0.3 is 0 Å². The summed E-state index contributed by atoms with van der Waals surface area (Å²) < 4.78 is 37.2. The van der Waals surface area contributed by atoms with Crippen LogP contribution in [0.5, 0.6) is 5.75 Å². The van der Waals surface area contributed by atoms with E-state index in [0.29, 0.717) is 0 Å². The Bertz CT molecular complexity index is 834. The second-order valence-electron chi connectivity index (χ2n) is 4.90. The van der Waals surface area contributed by atoms with Gasteiger partial charge in [-0.05, 0) is 29.8 Å². The molecule has 0 radical (unpaired) electrons. The highest BCUT2D eigenvalue weighted by atomic mass is 32.2. The molecule has 1 amide bonds. The molecule has 2 N–H and O–H groups in total. The molecule has 0 heterocycles. The first-order valence-corrected chi connectivity index (χ1v) is 8.57. The predicted octanol–water partition coefficient (Wildman–Crippen LogP) is 2.51. The van der Waals surface area contributed by atoms with Crippen LogP contribution in [-0.4, -0.2) is 25.2 Å². The largest absolute Gasteiger partial charge is 0.506 e. The van der Waals surface area contributed by atoms with Crippen molar-refractivity contribution in [2.75, 3.05) is 11.1 Å². The van der Waals surface area contributed by atoms with Crippen molar-refractivity contribution in [3.63, 3.8) is 0 Å². The normalized spacial score (nSPS) is 11.2. The molecule has 0 bridgehead atoms. The number of rotatable bonds is 5. The molecule has 0 aliphatic carbocycles. The van der Waals surface area contributed by atoms with Crippen LogP contribution in [0.2, 0.25) is 0 Å². The smallest absolute Gasteiger partial charge is 0.229 e. The summed E-state index contributed by atoms with van der Waals surface area (Å²) in [4.78, 5) is 12.0.